The highest BCUT2D eigenvalue weighted by atomic mass is 32.2. The van der Waals surface area contributed by atoms with Gasteiger partial charge in [-0.1, -0.05) is 36.8 Å². The molecule has 0 aliphatic carbocycles. The number of benzene rings is 2. The van der Waals surface area contributed by atoms with Crippen LogP contribution in [0.2, 0.25) is 0 Å². The van der Waals surface area contributed by atoms with E-state index in [4.69, 9.17) is 0 Å². The van der Waals surface area contributed by atoms with Gasteiger partial charge in [-0.15, -0.1) is 0 Å². The predicted octanol–water partition coefficient (Wildman–Crippen LogP) is 4.01. The van der Waals surface area contributed by atoms with Crippen molar-refractivity contribution in [3.05, 3.63) is 70.6 Å². The van der Waals surface area contributed by atoms with Crippen LogP contribution in [0.25, 0.3) is 17.5 Å². The zero-order chi connectivity index (χ0) is 24.5. The molecule has 11 heteroatoms. The lowest BCUT2D eigenvalue weighted by Crippen LogP contribution is -2.30. The molecular weight excluding hydrogens is 464 g/mol. The number of nitrogens with one attached hydrogen (secondary N) is 4. The van der Waals surface area contributed by atoms with Crippen LogP contribution in [0, 0.1) is 18.6 Å². The van der Waals surface area contributed by atoms with Gasteiger partial charge in [0.05, 0.1) is 23.7 Å². The summed E-state index contributed by atoms with van der Waals surface area (Å²) in [6.07, 6.45) is 1.94. The Morgan fingerprint density at radius 1 is 1.15 bits per heavy atom. The van der Waals surface area contributed by atoms with E-state index in [2.05, 4.69) is 25.3 Å². The lowest BCUT2D eigenvalue weighted by atomic mass is 10.1. The molecule has 1 aromatic heterocycles. The fourth-order valence-corrected chi connectivity index (χ4v) is 4.63. The number of hydrogen-bond acceptors (Lipinski definition) is 5. The van der Waals surface area contributed by atoms with E-state index in [1.165, 1.54) is 0 Å². The van der Waals surface area contributed by atoms with Crippen LogP contribution < -0.4 is 15.4 Å². The number of fused-ring (bicyclic) bond motifs is 1. The summed E-state index contributed by atoms with van der Waals surface area (Å²) in [4.78, 5) is 20.4. The zero-order valence-corrected chi connectivity index (χ0v) is 19.3. The maximum absolute atomic E-state index is 14.9. The fourth-order valence-electron chi connectivity index (χ4n) is 3.49. The van der Waals surface area contributed by atoms with E-state index in [0.717, 1.165) is 23.3 Å². The van der Waals surface area contributed by atoms with E-state index in [0.29, 0.717) is 29.5 Å². The Labute approximate surface area is 195 Å². The molecule has 4 N–H and O–H groups in total. The zero-order valence-electron chi connectivity index (χ0n) is 18.5. The van der Waals surface area contributed by atoms with Crippen molar-refractivity contribution in [1.82, 2.24) is 15.3 Å². The van der Waals surface area contributed by atoms with Gasteiger partial charge in [0.2, 0.25) is 10.0 Å². The average molecular weight is 488 g/mol. The number of aromatic amines is 1. The monoisotopic (exact) mass is 487 g/mol. The van der Waals surface area contributed by atoms with Crippen LogP contribution in [0.4, 0.5) is 20.3 Å². The first kappa shape index (κ1) is 23.4. The molecule has 1 amide bonds. The third-order valence-corrected chi connectivity index (χ3v) is 6.63. The molecule has 34 heavy (non-hydrogen) atoms. The minimum absolute atomic E-state index is 0.170. The fraction of sp³-hybridized carbons (Fsp3) is 0.217. The normalized spacial score (nSPS) is 13.0. The van der Waals surface area contributed by atoms with Gasteiger partial charge in [0.1, 0.15) is 17.2 Å². The number of anilines is 2. The van der Waals surface area contributed by atoms with Crippen LogP contribution in [0.15, 0.2) is 42.1 Å². The van der Waals surface area contributed by atoms with Crippen LogP contribution in [0.3, 0.4) is 0 Å². The topological polar surface area (TPSA) is 116 Å². The highest BCUT2D eigenvalue weighted by molar-refractivity contribution is 7.92. The molecule has 0 saturated carbocycles. The number of hydrogen-bond donors (Lipinski definition) is 4. The number of aryl methyl sites for hydroxylation is 1. The maximum Gasteiger partial charge on any atom is 0.261 e. The lowest BCUT2D eigenvalue weighted by Gasteiger charge is -2.17. The highest BCUT2D eigenvalue weighted by Gasteiger charge is 2.24. The van der Waals surface area contributed by atoms with E-state index in [1.807, 2.05) is 31.2 Å². The Morgan fingerprint density at radius 3 is 2.59 bits per heavy atom. The number of imidazole rings is 1. The molecule has 1 aliphatic heterocycles. The van der Waals surface area contributed by atoms with E-state index in [9.17, 15) is 22.0 Å². The van der Waals surface area contributed by atoms with Crippen LogP contribution in [0.5, 0.6) is 0 Å². The minimum atomic E-state index is -3.82. The average Bonchev–Trinajstić information content (AvgIpc) is 3.19. The predicted molar refractivity (Wildman–Crippen MR) is 127 cm³/mol. The summed E-state index contributed by atoms with van der Waals surface area (Å²) in [6, 6.07) is 9.57. The summed E-state index contributed by atoms with van der Waals surface area (Å²) in [5.74, 6) is -2.46. The number of carbonyl (C=O) groups excluding carboxylic acids is 1. The molecule has 0 atom stereocenters. The van der Waals surface area contributed by atoms with Crippen LogP contribution in [-0.4, -0.2) is 36.6 Å². The van der Waals surface area contributed by atoms with Crippen LogP contribution in [-0.2, 0) is 10.0 Å². The smallest absolute Gasteiger partial charge is 0.261 e. The molecule has 0 radical (unpaired) electrons. The Hall–Kier alpha value is -3.73. The lowest BCUT2D eigenvalue weighted by molar-refractivity contribution is 0.0957. The van der Waals surface area contributed by atoms with Crippen molar-refractivity contribution in [1.29, 1.82) is 0 Å². The van der Waals surface area contributed by atoms with Gasteiger partial charge in [0, 0.05) is 11.3 Å². The van der Waals surface area contributed by atoms with Crippen LogP contribution in [0.1, 0.15) is 35.0 Å². The van der Waals surface area contributed by atoms with Crippen molar-refractivity contribution < 1.29 is 22.0 Å². The molecular formula is C23H23F2N5O3S. The third-order valence-electron chi connectivity index (χ3n) is 5.15. The van der Waals surface area contributed by atoms with Gasteiger partial charge in [-0.3, -0.25) is 9.52 Å². The van der Waals surface area contributed by atoms with E-state index >= 15 is 0 Å². The first-order valence-electron chi connectivity index (χ1n) is 10.6. The number of amides is 1. The molecule has 4 rings (SSSR count). The molecule has 0 saturated heterocycles. The number of halogens is 2. The first-order chi connectivity index (χ1) is 16.2. The number of H-pyrrole nitrogens is 1. The van der Waals surface area contributed by atoms with Gasteiger partial charge in [-0.05, 0) is 31.6 Å². The molecule has 0 unspecified atom stereocenters. The second kappa shape index (κ2) is 9.26. The summed E-state index contributed by atoms with van der Waals surface area (Å²) >= 11 is 0. The van der Waals surface area contributed by atoms with Gasteiger partial charge in [0.15, 0.2) is 11.6 Å². The van der Waals surface area contributed by atoms with Gasteiger partial charge in [-0.25, -0.2) is 22.2 Å². The second-order valence-corrected chi connectivity index (χ2v) is 9.74. The standard InChI is InChI=1S/C23H23F2N5O3S/c1-3-10-34(32,33)30-17-9-8-16(24)19(20(17)25)23(31)27-15-11-18-22(26-12-15)29-21(28-18)14-6-4-13(2)5-7-14/h4-9,11,26,30H,3,10,12H2,1-2H3,(H,27,31)(H,28,29). The first-order valence-corrected chi connectivity index (χ1v) is 12.2. The summed E-state index contributed by atoms with van der Waals surface area (Å²) in [6.45, 7) is 3.81. The number of sulfonamides is 1. The summed E-state index contributed by atoms with van der Waals surface area (Å²) in [5.41, 5.74) is 1.58. The number of rotatable bonds is 7. The van der Waals surface area contributed by atoms with E-state index in [1.54, 1.807) is 13.0 Å². The van der Waals surface area contributed by atoms with Crippen molar-refractivity contribution in [2.75, 3.05) is 22.3 Å². The highest BCUT2D eigenvalue weighted by Crippen LogP contribution is 2.27. The number of carbonyl (C=O) groups is 1. The molecule has 0 fully saturated rings. The molecule has 2 aromatic carbocycles. The number of nitrogens with zero attached hydrogens (tertiary/aromatic N) is 1. The van der Waals surface area contributed by atoms with Crippen molar-refractivity contribution in [2.24, 2.45) is 0 Å². The summed E-state index contributed by atoms with van der Waals surface area (Å²) in [7, 11) is -3.82. The SMILES string of the molecule is CCCS(=O)(=O)Nc1ccc(F)c(C(=O)NC2=Cc3[nH]c(-c4ccc(C)cc4)nc3NC2)c1F. The molecule has 0 bridgehead atoms. The number of aromatic nitrogens is 2. The van der Waals surface area contributed by atoms with Crippen molar-refractivity contribution >= 4 is 33.5 Å². The molecule has 1 aliphatic rings. The molecule has 2 heterocycles. The minimum Gasteiger partial charge on any atom is -0.363 e. The summed E-state index contributed by atoms with van der Waals surface area (Å²) < 4.78 is 55.2. The van der Waals surface area contributed by atoms with E-state index < -0.39 is 38.8 Å². The van der Waals surface area contributed by atoms with Crippen molar-refractivity contribution in [2.45, 2.75) is 20.3 Å². The Bertz CT molecular complexity index is 1380. The second-order valence-electron chi connectivity index (χ2n) is 7.90. The molecule has 8 nitrogen and oxygen atoms in total. The molecule has 0 spiro atoms. The van der Waals surface area contributed by atoms with E-state index in [-0.39, 0.29) is 12.3 Å². The largest absolute Gasteiger partial charge is 0.363 e. The Kier molecular flexibility index (Phi) is 6.38. The Balaban J connectivity index is 1.56. The van der Waals surface area contributed by atoms with Crippen molar-refractivity contribution in [3.63, 3.8) is 0 Å². The quantitative estimate of drug-likeness (QED) is 0.402. The van der Waals surface area contributed by atoms with Gasteiger partial charge >= 0.3 is 0 Å². The van der Waals surface area contributed by atoms with Gasteiger partial charge < -0.3 is 15.6 Å². The Morgan fingerprint density at radius 2 is 1.88 bits per heavy atom. The summed E-state index contributed by atoms with van der Waals surface area (Å²) in [5, 5.41) is 5.54. The van der Waals surface area contributed by atoms with Gasteiger partial charge in [-0.2, -0.15) is 0 Å². The maximum atomic E-state index is 14.9. The van der Waals surface area contributed by atoms with Crippen LogP contribution >= 0.6 is 0 Å². The third kappa shape index (κ3) is 4.93. The molecule has 3 aromatic rings. The molecule has 178 valence electrons. The van der Waals surface area contributed by atoms with Crippen molar-refractivity contribution in [3.8, 4) is 11.4 Å². The van der Waals surface area contributed by atoms with Gasteiger partial charge in [0.25, 0.3) is 5.91 Å².